The fourth-order valence-corrected chi connectivity index (χ4v) is 3.82. The molecule has 9 heteroatoms. The number of carbonyl (C=O) groups is 1. The maximum atomic E-state index is 11.0. The highest BCUT2D eigenvalue weighted by Gasteiger charge is 2.25. The van der Waals surface area contributed by atoms with E-state index in [9.17, 15) is 4.79 Å². The van der Waals surface area contributed by atoms with E-state index >= 15 is 0 Å². The van der Waals surface area contributed by atoms with Crippen LogP contribution in [-0.2, 0) is 11.2 Å². The Morgan fingerprint density at radius 3 is 2.93 bits per heavy atom. The van der Waals surface area contributed by atoms with Crippen molar-refractivity contribution in [2.24, 2.45) is 4.99 Å². The first-order valence-electron chi connectivity index (χ1n) is 8.90. The van der Waals surface area contributed by atoms with Crippen molar-refractivity contribution in [2.75, 3.05) is 19.6 Å². The minimum absolute atomic E-state index is 0.133. The van der Waals surface area contributed by atoms with Gasteiger partial charge in [0.05, 0.1) is 0 Å². The first-order chi connectivity index (χ1) is 12.7. The van der Waals surface area contributed by atoms with Gasteiger partial charge in [0.25, 0.3) is 0 Å². The highest BCUT2D eigenvalue weighted by molar-refractivity contribution is 14.1. The summed E-state index contributed by atoms with van der Waals surface area (Å²) >= 11 is 6.55. The quantitative estimate of drug-likeness (QED) is 0.189. The van der Waals surface area contributed by atoms with Crippen molar-refractivity contribution >= 4 is 45.0 Å². The van der Waals surface area contributed by atoms with Gasteiger partial charge in [-0.3, -0.25) is 9.69 Å². The summed E-state index contributed by atoms with van der Waals surface area (Å²) < 4.78 is 0.535. The summed E-state index contributed by atoms with van der Waals surface area (Å²) in [6.45, 7) is 10.1. The molecular formula is C18H27IN6OS. The molecule has 2 N–H and O–H groups in total. The van der Waals surface area contributed by atoms with Gasteiger partial charge in [-0.2, -0.15) is 0 Å². The fourth-order valence-electron chi connectivity index (χ4n) is 3.06. The van der Waals surface area contributed by atoms with Gasteiger partial charge >= 0.3 is 0 Å². The molecule has 0 spiro atoms. The number of hydrogen-bond donors (Lipinski definition) is 3. The maximum absolute atomic E-state index is 11.0. The lowest BCUT2D eigenvalue weighted by Crippen LogP contribution is -2.56. The Balaban J connectivity index is 1.97. The van der Waals surface area contributed by atoms with Crippen LogP contribution in [0.3, 0.4) is 0 Å². The number of nitrogens with one attached hydrogen (secondary N) is 2. The minimum atomic E-state index is -0.133. The molecule has 0 saturated carbocycles. The zero-order valence-electron chi connectivity index (χ0n) is 16.2. The van der Waals surface area contributed by atoms with Gasteiger partial charge in [-0.1, -0.05) is 0 Å². The topological polar surface area (TPSA) is 82.5 Å². The van der Waals surface area contributed by atoms with Crippen molar-refractivity contribution in [3.63, 3.8) is 0 Å². The Morgan fingerprint density at radius 1 is 1.52 bits per heavy atom. The second kappa shape index (κ2) is 10.5. The lowest BCUT2D eigenvalue weighted by Gasteiger charge is -2.38. The molecule has 2 atom stereocenters. The molecule has 2 rings (SSSR count). The number of aryl methyl sites for hydroxylation is 2. The van der Waals surface area contributed by atoms with Gasteiger partial charge in [0.15, 0.2) is 3.84 Å². The molecule has 1 aliphatic rings. The minimum Gasteiger partial charge on any atom is -0.311 e. The molecule has 27 heavy (non-hydrogen) atoms. The van der Waals surface area contributed by atoms with Gasteiger partial charge in [0, 0.05) is 67.6 Å². The highest BCUT2D eigenvalue weighted by atomic mass is 127. The van der Waals surface area contributed by atoms with Crippen LogP contribution in [0.1, 0.15) is 31.1 Å². The number of hydrogen-bond acceptors (Lipinski definition) is 7. The van der Waals surface area contributed by atoms with Crippen molar-refractivity contribution in [3.8, 4) is 0 Å². The van der Waals surface area contributed by atoms with Crippen LogP contribution in [-0.4, -0.2) is 56.3 Å². The van der Waals surface area contributed by atoms with E-state index in [2.05, 4.69) is 56.1 Å². The Bertz CT molecular complexity index is 718. The van der Waals surface area contributed by atoms with Crippen LogP contribution in [0.25, 0.3) is 0 Å². The number of rotatable bonds is 5. The third-order valence-electron chi connectivity index (χ3n) is 4.23. The Labute approximate surface area is 180 Å². The van der Waals surface area contributed by atoms with E-state index in [0.29, 0.717) is 15.9 Å². The Morgan fingerprint density at radius 2 is 2.26 bits per heavy atom. The summed E-state index contributed by atoms with van der Waals surface area (Å²) in [7, 11) is 0. The average molecular weight is 502 g/mol. The molecule has 1 aromatic rings. The summed E-state index contributed by atoms with van der Waals surface area (Å²) in [5.74, 6) is 0.685. The molecule has 7 nitrogen and oxygen atoms in total. The largest absolute Gasteiger partial charge is 0.311 e. The Kier molecular flexibility index (Phi) is 8.64. The van der Waals surface area contributed by atoms with Gasteiger partial charge in [-0.25, -0.2) is 15.0 Å². The number of amidine groups is 1. The normalized spacial score (nSPS) is 22.0. The van der Waals surface area contributed by atoms with Gasteiger partial charge in [-0.05, 0) is 49.4 Å². The lowest BCUT2D eigenvalue weighted by molar-refractivity contribution is -0.117. The predicted octanol–water partition coefficient (Wildman–Crippen LogP) is 2.00. The smallest absolute Gasteiger partial charge is 0.222 e. The summed E-state index contributed by atoms with van der Waals surface area (Å²) in [5, 5.41) is 6.25. The second-order valence-corrected chi connectivity index (χ2v) is 8.45. The van der Waals surface area contributed by atoms with Gasteiger partial charge < -0.3 is 10.6 Å². The third kappa shape index (κ3) is 7.84. The van der Waals surface area contributed by atoms with Crippen LogP contribution in [0.5, 0.6) is 0 Å². The molecule has 0 radical (unpaired) electrons. The van der Waals surface area contributed by atoms with E-state index < -0.39 is 0 Å². The number of thiol groups is 1. The van der Waals surface area contributed by atoms with Crippen LogP contribution in [0.4, 0.5) is 0 Å². The summed E-state index contributed by atoms with van der Waals surface area (Å²) in [4.78, 5) is 27.4. The molecule has 148 valence electrons. The number of halogens is 1. The first-order valence-corrected chi connectivity index (χ1v) is 10.4. The lowest BCUT2D eigenvalue weighted by atomic mass is 10.0. The Hall–Kier alpha value is -1.04. The first kappa shape index (κ1) is 22.3. The van der Waals surface area contributed by atoms with Gasteiger partial charge in [-0.15, -0.1) is 12.6 Å². The van der Waals surface area contributed by atoms with Crippen LogP contribution in [0.15, 0.2) is 22.2 Å². The molecule has 1 aromatic heterocycles. The maximum Gasteiger partial charge on any atom is 0.222 e. The van der Waals surface area contributed by atoms with Crippen LogP contribution >= 0.6 is 35.2 Å². The third-order valence-corrected chi connectivity index (χ3v) is 5.03. The monoisotopic (exact) mass is 502 g/mol. The van der Waals surface area contributed by atoms with E-state index in [1.165, 1.54) is 6.92 Å². The number of aliphatic imine (C=N–C) groups is 1. The van der Waals surface area contributed by atoms with E-state index in [1.54, 1.807) is 6.20 Å². The number of aromatic nitrogens is 2. The van der Waals surface area contributed by atoms with Crippen LogP contribution in [0, 0.1) is 13.8 Å². The number of nitrogens with zero attached hydrogens (tertiary/aromatic N) is 4. The molecule has 2 heterocycles. The van der Waals surface area contributed by atoms with Crippen LogP contribution < -0.4 is 10.6 Å². The molecule has 0 bridgehead atoms. The summed E-state index contributed by atoms with van der Waals surface area (Å²) in [6.07, 6.45) is 2.57. The van der Waals surface area contributed by atoms with Gasteiger partial charge in [0.1, 0.15) is 5.82 Å². The molecule has 0 aromatic carbocycles. The van der Waals surface area contributed by atoms with E-state index in [0.717, 1.165) is 48.2 Å². The highest BCUT2D eigenvalue weighted by Crippen LogP contribution is 2.15. The number of carbonyl (C=O) groups excluding carboxylic acids is 1. The van der Waals surface area contributed by atoms with Crippen molar-refractivity contribution < 1.29 is 4.79 Å². The van der Waals surface area contributed by atoms with E-state index in [-0.39, 0.29) is 5.91 Å². The molecule has 1 fully saturated rings. The van der Waals surface area contributed by atoms with Gasteiger partial charge in [0.2, 0.25) is 5.91 Å². The SMILES string of the molecule is CC(=O)NC(I)=N/C=C(\S)CN1C[C@@H](Cc2cc(C)nc(C)n2)NC[C@@H]1C. The zero-order valence-corrected chi connectivity index (χ0v) is 19.2. The second-order valence-electron chi connectivity index (χ2n) is 6.86. The standard InChI is InChI=1S/C18H27IN6OS/c1-11-5-15(23-13(3)22-11)6-16-9-25(12(2)7-20-16)10-17(27)8-21-18(19)24-14(4)26/h5,8,12,16,20,27H,6-7,9-10H2,1-4H3,(H,21,24,26)/b17-8-/t12-,16+/m0/s1. The number of piperazine rings is 1. The van der Waals surface area contributed by atoms with Crippen molar-refractivity contribution in [3.05, 3.63) is 34.4 Å². The van der Waals surface area contributed by atoms with Crippen molar-refractivity contribution in [1.29, 1.82) is 0 Å². The zero-order chi connectivity index (χ0) is 20.0. The number of amides is 1. The molecule has 0 unspecified atom stereocenters. The predicted molar refractivity (Wildman–Crippen MR) is 120 cm³/mol. The molecule has 1 aliphatic heterocycles. The van der Waals surface area contributed by atoms with E-state index in [1.807, 2.05) is 36.4 Å². The molecule has 1 amide bonds. The molecular weight excluding hydrogens is 475 g/mol. The van der Waals surface area contributed by atoms with Crippen LogP contribution in [0.2, 0.25) is 0 Å². The summed E-state index contributed by atoms with van der Waals surface area (Å²) in [5.41, 5.74) is 2.08. The molecule has 0 aliphatic carbocycles. The fraction of sp³-hybridized carbons (Fsp3) is 0.556. The van der Waals surface area contributed by atoms with Crippen molar-refractivity contribution in [1.82, 2.24) is 25.5 Å². The average Bonchev–Trinajstić information content (AvgIpc) is 2.54. The summed E-state index contributed by atoms with van der Waals surface area (Å²) in [6, 6.07) is 2.79. The molecule has 1 saturated heterocycles. The van der Waals surface area contributed by atoms with Crippen molar-refractivity contribution in [2.45, 2.75) is 46.2 Å². The van der Waals surface area contributed by atoms with E-state index in [4.69, 9.17) is 0 Å².